The minimum atomic E-state index is -0.241. The van der Waals surface area contributed by atoms with Gasteiger partial charge in [-0.15, -0.1) is 0 Å². The fourth-order valence-electron chi connectivity index (χ4n) is 8.48. The second-order valence-electron chi connectivity index (χ2n) is 12.3. The van der Waals surface area contributed by atoms with E-state index in [2.05, 4.69) is 39.8 Å². The fraction of sp³-hybridized carbons (Fsp3) is 0.633. The molecule has 0 saturated heterocycles. The zero-order chi connectivity index (χ0) is 23.6. The van der Waals surface area contributed by atoms with Crippen LogP contribution >= 0.6 is 0 Å². The minimum Gasteiger partial charge on any atom is -0.458 e. The van der Waals surface area contributed by atoms with Crippen molar-refractivity contribution in [1.29, 1.82) is 0 Å². The van der Waals surface area contributed by atoms with Gasteiger partial charge in [-0.1, -0.05) is 63.6 Å². The van der Waals surface area contributed by atoms with Gasteiger partial charge in [0.05, 0.1) is 11.7 Å². The summed E-state index contributed by atoms with van der Waals surface area (Å²) in [7, 11) is 0. The number of aliphatic hydroxyl groups excluding tert-OH is 1. The van der Waals surface area contributed by atoms with Gasteiger partial charge in [0.1, 0.15) is 6.10 Å². The Morgan fingerprint density at radius 2 is 1.79 bits per heavy atom. The van der Waals surface area contributed by atoms with Gasteiger partial charge in [-0.2, -0.15) is 0 Å². The zero-order valence-corrected chi connectivity index (χ0v) is 20.9. The average molecular weight is 449 g/mol. The molecule has 0 bridgehead atoms. The first-order chi connectivity index (χ1) is 15.6. The van der Waals surface area contributed by atoms with Crippen molar-refractivity contribution in [3.63, 3.8) is 0 Å². The van der Waals surface area contributed by atoms with Crippen LogP contribution in [0.15, 0.2) is 53.6 Å². The number of hydrogen-bond acceptors (Lipinski definition) is 3. The molecule has 7 atom stereocenters. The van der Waals surface area contributed by atoms with E-state index >= 15 is 0 Å². The van der Waals surface area contributed by atoms with E-state index in [1.165, 1.54) is 12.8 Å². The number of hydrogen-bond donors (Lipinski definition) is 1. The Labute approximate surface area is 199 Å². The lowest BCUT2D eigenvalue weighted by molar-refractivity contribution is -0.105. The Kier molecular flexibility index (Phi) is 5.44. The minimum absolute atomic E-state index is 0.0814. The molecule has 4 aliphatic carbocycles. The molecule has 0 aromatic heterocycles. The monoisotopic (exact) mass is 448 g/mol. The van der Waals surface area contributed by atoms with Gasteiger partial charge in [-0.25, -0.2) is 4.79 Å². The van der Waals surface area contributed by atoms with Crippen molar-refractivity contribution in [3.8, 4) is 0 Å². The number of fused-ring (bicyclic) bond motifs is 4. The molecule has 2 saturated carbocycles. The Bertz CT molecular complexity index is 987. The summed E-state index contributed by atoms with van der Waals surface area (Å²) >= 11 is 0. The number of esters is 1. The summed E-state index contributed by atoms with van der Waals surface area (Å²) in [6.07, 6.45) is 11.2. The van der Waals surface area contributed by atoms with Crippen LogP contribution in [0.1, 0.15) is 83.5 Å². The summed E-state index contributed by atoms with van der Waals surface area (Å²) in [5.74, 6) is 1.11. The van der Waals surface area contributed by atoms with Crippen molar-refractivity contribution in [3.05, 3.63) is 59.2 Å². The molecule has 2 fully saturated rings. The van der Waals surface area contributed by atoms with Crippen LogP contribution < -0.4 is 0 Å². The Morgan fingerprint density at radius 3 is 2.48 bits per heavy atom. The summed E-state index contributed by atoms with van der Waals surface area (Å²) in [6, 6.07) is 9.38. The van der Waals surface area contributed by atoms with Gasteiger partial charge >= 0.3 is 5.97 Å². The summed E-state index contributed by atoms with van der Waals surface area (Å²) in [6.45, 7) is 11.5. The number of aliphatic hydroxyl groups is 1. The van der Waals surface area contributed by atoms with E-state index in [1.54, 1.807) is 11.1 Å². The summed E-state index contributed by atoms with van der Waals surface area (Å²) in [5.41, 5.74) is 4.03. The Balaban J connectivity index is 1.45. The van der Waals surface area contributed by atoms with Crippen molar-refractivity contribution < 1.29 is 14.6 Å². The molecular weight excluding hydrogens is 408 g/mol. The van der Waals surface area contributed by atoms with Gasteiger partial charge in [0, 0.05) is 5.41 Å². The van der Waals surface area contributed by atoms with E-state index in [4.69, 9.17) is 4.74 Å². The van der Waals surface area contributed by atoms with Gasteiger partial charge in [0.2, 0.25) is 0 Å². The van der Waals surface area contributed by atoms with Gasteiger partial charge in [-0.3, -0.25) is 0 Å². The molecule has 1 aromatic carbocycles. The maximum absolute atomic E-state index is 12.8. The second-order valence-corrected chi connectivity index (χ2v) is 12.3. The van der Waals surface area contributed by atoms with E-state index in [-0.39, 0.29) is 34.4 Å². The summed E-state index contributed by atoms with van der Waals surface area (Å²) < 4.78 is 6.14. The fourth-order valence-corrected chi connectivity index (χ4v) is 8.48. The van der Waals surface area contributed by atoms with E-state index in [0.717, 1.165) is 25.7 Å². The van der Waals surface area contributed by atoms with Crippen molar-refractivity contribution in [2.24, 2.45) is 34.0 Å². The molecule has 0 amide bonds. The standard InChI is InChI=1S/C30H40O3/c1-19(31)22-12-13-23-21-11-14-25-28(2,3)26(33-27(32)20-9-7-6-8-10-20)16-18-30(25,5)24(21)15-17-29(22,23)4/h6-11,14,19,22,24-26,31H,12-13,15-18H2,1-5H3/t19-,22+,24-,25-,26-,29+,30+/m0/s1. The van der Waals surface area contributed by atoms with Gasteiger partial charge < -0.3 is 9.84 Å². The molecule has 5 rings (SSSR count). The third-order valence-corrected chi connectivity index (χ3v) is 10.3. The molecule has 33 heavy (non-hydrogen) atoms. The van der Waals surface area contributed by atoms with E-state index < -0.39 is 0 Å². The van der Waals surface area contributed by atoms with Crippen LogP contribution in [0.25, 0.3) is 0 Å². The van der Waals surface area contributed by atoms with Crippen LogP contribution in [0.3, 0.4) is 0 Å². The molecule has 0 radical (unpaired) electrons. The predicted molar refractivity (Wildman–Crippen MR) is 132 cm³/mol. The topological polar surface area (TPSA) is 46.5 Å². The summed E-state index contributed by atoms with van der Waals surface area (Å²) in [4.78, 5) is 12.8. The van der Waals surface area contributed by atoms with Gasteiger partial charge in [0.15, 0.2) is 0 Å². The first-order valence-electron chi connectivity index (χ1n) is 12.9. The number of benzene rings is 1. The molecule has 178 valence electrons. The normalized spacial score (nSPS) is 39.9. The van der Waals surface area contributed by atoms with Gasteiger partial charge in [0.25, 0.3) is 0 Å². The van der Waals surface area contributed by atoms with Crippen LogP contribution in [0.5, 0.6) is 0 Å². The SMILES string of the molecule is C[C@H](O)[C@H]1CCC2=C3C=C[C@H]4C(C)(C)[C@@H](OC(=O)c5ccccc5)CC[C@]4(C)[C@H]3CC[C@@]21C. The summed E-state index contributed by atoms with van der Waals surface area (Å²) in [5, 5.41) is 10.5. The number of allylic oxidation sites excluding steroid dienone is 4. The van der Waals surface area contributed by atoms with Gasteiger partial charge in [-0.05, 0) is 91.7 Å². The average Bonchev–Trinajstić information content (AvgIpc) is 3.14. The maximum Gasteiger partial charge on any atom is 0.338 e. The van der Waals surface area contributed by atoms with Crippen molar-refractivity contribution in [2.45, 2.75) is 85.4 Å². The van der Waals surface area contributed by atoms with Crippen molar-refractivity contribution in [2.75, 3.05) is 0 Å². The lowest BCUT2D eigenvalue weighted by atomic mass is 9.46. The van der Waals surface area contributed by atoms with Crippen LogP contribution in [0.2, 0.25) is 0 Å². The molecule has 4 aliphatic rings. The number of ether oxygens (including phenoxy) is 1. The quantitative estimate of drug-likeness (QED) is 0.522. The molecular formula is C30H40O3. The first kappa shape index (κ1) is 22.9. The molecule has 0 spiro atoms. The lowest BCUT2D eigenvalue weighted by Crippen LogP contribution is -2.55. The van der Waals surface area contributed by atoms with Crippen LogP contribution in [0.4, 0.5) is 0 Å². The highest BCUT2D eigenvalue weighted by Gasteiger charge is 2.59. The van der Waals surface area contributed by atoms with Crippen molar-refractivity contribution >= 4 is 5.97 Å². The lowest BCUT2D eigenvalue weighted by Gasteiger charge is -2.59. The second kappa shape index (κ2) is 7.83. The Morgan fingerprint density at radius 1 is 1.06 bits per heavy atom. The highest BCUT2D eigenvalue weighted by Crippen LogP contribution is 2.66. The maximum atomic E-state index is 12.8. The molecule has 1 N–H and O–H groups in total. The van der Waals surface area contributed by atoms with Crippen LogP contribution in [-0.2, 0) is 4.74 Å². The predicted octanol–water partition coefficient (Wildman–Crippen LogP) is 6.73. The molecule has 3 nitrogen and oxygen atoms in total. The van der Waals surface area contributed by atoms with E-state index in [1.807, 2.05) is 37.3 Å². The number of carbonyl (C=O) groups excluding carboxylic acids is 1. The first-order valence-corrected chi connectivity index (χ1v) is 12.9. The highest BCUT2D eigenvalue weighted by molar-refractivity contribution is 5.89. The molecule has 0 heterocycles. The third kappa shape index (κ3) is 3.37. The number of rotatable bonds is 3. The molecule has 1 aromatic rings. The smallest absolute Gasteiger partial charge is 0.338 e. The molecule has 3 heteroatoms. The van der Waals surface area contributed by atoms with E-state index in [0.29, 0.717) is 23.3 Å². The van der Waals surface area contributed by atoms with Crippen molar-refractivity contribution in [1.82, 2.24) is 0 Å². The number of carbonyl (C=O) groups is 1. The zero-order valence-electron chi connectivity index (χ0n) is 20.9. The third-order valence-electron chi connectivity index (χ3n) is 10.3. The van der Waals surface area contributed by atoms with E-state index in [9.17, 15) is 9.90 Å². The van der Waals surface area contributed by atoms with Crippen LogP contribution in [0, 0.1) is 34.0 Å². The Hall–Kier alpha value is -1.87. The molecule has 0 aliphatic heterocycles. The highest BCUT2D eigenvalue weighted by atomic mass is 16.5. The largest absolute Gasteiger partial charge is 0.458 e. The molecule has 0 unspecified atom stereocenters. The van der Waals surface area contributed by atoms with Crippen LogP contribution in [-0.4, -0.2) is 23.3 Å².